The summed E-state index contributed by atoms with van der Waals surface area (Å²) in [5.74, 6) is 3.56. The smallest absolute Gasteiger partial charge is 0.330 e. The summed E-state index contributed by atoms with van der Waals surface area (Å²) in [7, 11) is 7.11. The molecule has 10 atom stereocenters. The number of methoxy groups -OCH3 is 2. The van der Waals surface area contributed by atoms with Crippen molar-refractivity contribution in [1.82, 2.24) is 19.6 Å². The topological polar surface area (TPSA) is 249 Å². The van der Waals surface area contributed by atoms with Gasteiger partial charge in [-0.15, -0.1) is 0 Å². The molecule has 2 saturated heterocycles. The van der Waals surface area contributed by atoms with Crippen LogP contribution in [-0.2, 0) is 40.0 Å². The van der Waals surface area contributed by atoms with Gasteiger partial charge in [0.05, 0.1) is 57.1 Å². The summed E-state index contributed by atoms with van der Waals surface area (Å²) in [6, 6.07) is 24.5. The number of benzene rings is 6. The summed E-state index contributed by atoms with van der Waals surface area (Å²) in [5.41, 5.74) is 11.6. The predicted molar refractivity (Wildman–Crippen MR) is 356 cm³/mol. The molecular weight excluding hydrogens is 1230 g/mol. The summed E-state index contributed by atoms with van der Waals surface area (Å²) in [6.07, 6.45) is 9.82. The maximum absolute atomic E-state index is 13.0. The molecule has 0 aliphatic carbocycles. The number of aromatic hydroxyl groups is 3. The van der Waals surface area contributed by atoms with Crippen molar-refractivity contribution < 1.29 is 67.9 Å². The lowest BCUT2D eigenvalue weighted by Crippen LogP contribution is -2.68. The minimum atomic E-state index is -0.630. The number of carbonyl (C=O) groups is 2. The third-order valence-corrected chi connectivity index (χ3v) is 20.0. The number of aliphatic hydroxyl groups excluding tert-OH is 1. The molecule has 4 bridgehead atoms. The summed E-state index contributed by atoms with van der Waals surface area (Å²) in [6.45, 7) is 11.5. The van der Waals surface area contributed by atoms with Gasteiger partial charge < -0.3 is 58.3 Å². The van der Waals surface area contributed by atoms with Gasteiger partial charge in [0.2, 0.25) is 18.8 Å². The van der Waals surface area contributed by atoms with Crippen LogP contribution in [0.15, 0.2) is 97.6 Å². The van der Waals surface area contributed by atoms with E-state index in [0.29, 0.717) is 89.2 Å². The number of halogens is 1. The average molecular weight is 1310 g/mol. The van der Waals surface area contributed by atoms with Gasteiger partial charge >= 0.3 is 5.97 Å². The van der Waals surface area contributed by atoms with Gasteiger partial charge in [-0.3, -0.25) is 24.4 Å². The van der Waals surface area contributed by atoms with E-state index in [1.54, 1.807) is 39.4 Å². The van der Waals surface area contributed by atoms with Crippen LogP contribution in [-0.4, -0.2) is 149 Å². The standard InChI is InChI=1S/C35H35N3O7.C29H33N3O6.C9H7ClO.CH4/c1-18-12-21-13-23-25(15-36)38-24(30(37(23)3)28(21)32(41)33(18)42-4)14-22-29(35-34(44-17-45-35)19(2)31(22)40)26(38)16-43-27(39)11-10-20-8-6-5-7-9-20;1-6-7-36-27-15(3)28-29(38-13-37-28)23-17(27)10-19-24-22-16(8-14(2)26(35-5)25(22)34)9-18(31(24)4)20(11-30)32(19)21(23)12-33;10-9(11)7-6-8-4-2-1-3-5-8;/h5-12,23-26,30,40-41H,13-14,16-17H2,1-4H3;6,8,18-21,24,33-34H,1,7,9-10,12-13H2,2-5H3;1-7H;1H4/b11-10+;;7-6+;/t23-,24?,25-,26-,30-;18-,19?,20-,21-,24-;;/m00../s1. The van der Waals surface area contributed by atoms with Gasteiger partial charge in [0, 0.05) is 74.8 Å². The monoisotopic (exact) mass is 1310 g/mol. The van der Waals surface area contributed by atoms with Gasteiger partial charge in [0.1, 0.15) is 36.8 Å². The molecule has 20 nitrogen and oxygen atoms in total. The minimum absolute atomic E-state index is 0. The first-order valence-electron chi connectivity index (χ1n) is 31.2. The van der Waals surface area contributed by atoms with Crippen LogP contribution >= 0.6 is 11.6 Å². The number of rotatable bonds is 12. The summed E-state index contributed by atoms with van der Waals surface area (Å²) >= 11 is 5.10. The van der Waals surface area contributed by atoms with E-state index in [9.17, 15) is 40.5 Å². The molecular formula is C74H79ClN6O14. The molecule has 8 aliphatic heterocycles. The molecule has 95 heavy (non-hydrogen) atoms. The normalized spacial score (nSPS) is 23.8. The Morgan fingerprint density at radius 3 is 1.57 bits per heavy atom. The summed E-state index contributed by atoms with van der Waals surface area (Å²) in [4.78, 5) is 32.0. The Morgan fingerprint density at radius 1 is 0.632 bits per heavy atom. The highest BCUT2D eigenvalue weighted by atomic mass is 35.5. The van der Waals surface area contributed by atoms with Crippen molar-refractivity contribution >= 4 is 35.0 Å². The molecule has 0 saturated carbocycles. The molecule has 21 heteroatoms. The van der Waals surface area contributed by atoms with Crippen LogP contribution in [0, 0.1) is 50.4 Å². The number of likely N-dealkylation sites (N-methyl/N-ethyl adjacent to an activating group) is 2. The molecule has 0 radical (unpaired) electrons. The van der Waals surface area contributed by atoms with Gasteiger partial charge in [-0.05, 0) is 125 Å². The first-order chi connectivity index (χ1) is 45.4. The SMILES string of the molecule is C.C=CCOc1c(C)c2c(c3c1CC1[C@H]4c5c(cc(C)c(OC)c5O)C[C@@H]([C@H](C#N)N1[C@H]3CO)N4C)OCO2.COc1c(C)cc2c(c1O)[C@@H]1C3Cc4c(O)c(C)c5c(c4[C@H](COC(=O)/C=C/c4ccccc4)N3[C@@H](C#N)[C@H](C2)N1C)OCO5.O=C(Cl)/C=C/c1ccccc1. The molecule has 0 spiro atoms. The number of ether oxygens (including phenoxy) is 8. The molecule has 6 aromatic carbocycles. The molecule has 8 aliphatic rings. The van der Waals surface area contributed by atoms with Crippen molar-refractivity contribution in [1.29, 1.82) is 10.5 Å². The summed E-state index contributed by atoms with van der Waals surface area (Å²) in [5, 5.41) is 66.3. The molecule has 4 N–H and O–H groups in total. The summed E-state index contributed by atoms with van der Waals surface area (Å²) < 4.78 is 46.9. The van der Waals surface area contributed by atoms with Gasteiger partial charge in [-0.2, -0.15) is 10.5 Å². The van der Waals surface area contributed by atoms with Gasteiger partial charge in [0.25, 0.3) is 0 Å². The van der Waals surface area contributed by atoms with E-state index < -0.39 is 35.4 Å². The average Bonchev–Trinajstić information content (AvgIpc) is 1.30. The fraction of sp³-hybridized carbons (Fsp3) is 0.378. The van der Waals surface area contributed by atoms with Crippen LogP contribution in [0.2, 0.25) is 0 Å². The zero-order valence-electron chi connectivity index (χ0n) is 53.6. The van der Waals surface area contributed by atoms with Crippen molar-refractivity contribution in [3.8, 4) is 69.6 Å². The molecule has 6 aromatic rings. The highest BCUT2D eigenvalue weighted by Crippen LogP contribution is 2.61. The quantitative estimate of drug-likeness (QED) is 0.0385. The Bertz CT molecular complexity index is 4130. The Balaban J connectivity index is 0.000000167. The Hall–Kier alpha value is -9.25. The second-order valence-corrected chi connectivity index (χ2v) is 25.1. The predicted octanol–water partition coefficient (Wildman–Crippen LogP) is 10.7. The molecule has 496 valence electrons. The number of fused-ring (bicyclic) bond motifs is 18. The molecule has 14 rings (SSSR count). The highest BCUT2D eigenvalue weighted by molar-refractivity contribution is 6.66. The van der Waals surface area contributed by atoms with Crippen molar-refractivity contribution in [3.63, 3.8) is 0 Å². The number of aryl methyl sites for hydroxylation is 2. The Morgan fingerprint density at radius 2 is 1.09 bits per heavy atom. The van der Waals surface area contributed by atoms with E-state index in [1.807, 2.05) is 102 Å². The second kappa shape index (κ2) is 27.6. The van der Waals surface area contributed by atoms with Crippen LogP contribution in [0.4, 0.5) is 0 Å². The van der Waals surface area contributed by atoms with Crippen molar-refractivity contribution in [2.24, 2.45) is 0 Å². The fourth-order valence-electron chi connectivity index (χ4n) is 16.0. The number of phenolic OH excluding ortho intramolecular Hbond substituents is 3. The van der Waals surface area contributed by atoms with Crippen LogP contribution in [0.25, 0.3) is 12.2 Å². The van der Waals surface area contributed by atoms with Crippen molar-refractivity contribution in [2.75, 3.05) is 61.7 Å². The Kier molecular flexibility index (Phi) is 19.5. The largest absolute Gasteiger partial charge is 0.507 e. The lowest BCUT2D eigenvalue weighted by molar-refractivity contribution is -0.143. The molecule has 2 unspecified atom stereocenters. The van der Waals surface area contributed by atoms with Gasteiger partial charge in [-0.25, -0.2) is 4.79 Å². The fourth-order valence-corrected chi connectivity index (χ4v) is 16.1. The number of piperazine rings is 2. The van der Waals surface area contributed by atoms with Gasteiger partial charge in [-0.1, -0.05) is 99.0 Å². The van der Waals surface area contributed by atoms with Gasteiger partial charge in [0.15, 0.2) is 46.0 Å². The maximum atomic E-state index is 13.0. The van der Waals surface area contributed by atoms with Crippen LogP contribution in [0.3, 0.4) is 0 Å². The van der Waals surface area contributed by atoms with E-state index in [4.69, 9.17) is 49.5 Å². The number of hydrogen-bond donors (Lipinski definition) is 4. The highest BCUT2D eigenvalue weighted by Gasteiger charge is 2.59. The third kappa shape index (κ3) is 11.6. The van der Waals surface area contributed by atoms with Crippen LogP contribution < -0.4 is 33.2 Å². The third-order valence-electron chi connectivity index (χ3n) is 19.9. The number of nitriles is 2. The van der Waals surface area contributed by atoms with Crippen molar-refractivity contribution in [3.05, 3.63) is 175 Å². The second-order valence-electron chi connectivity index (χ2n) is 24.7. The molecule has 0 amide bonds. The number of hydrogen-bond acceptors (Lipinski definition) is 20. The first-order valence-corrected chi connectivity index (χ1v) is 31.6. The number of carbonyl (C=O) groups excluding carboxylic acids is 2. The lowest BCUT2D eigenvalue weighted by Gasteiger charge is -2.59. The number of phenols is 3. The van der Waals surface area contributed by atoms with E-state index in [2.05, 4.69) is 44.4 Å². The maximum Gasteiger partial charge on any atom is 0.330 e. The number of nitrogens with zero attached hydrogens (tertiary/aromatic N) is 6. The first kappa shape index (κ1) is 67.2. The zero-order chi connectivity index (χ0) is 66.5. The number of esters is 1. The lowest BCUT2D eigenvalue weighted by atomic mass is 9.71. The number of allylic oxidation sites excluding steroid dienone is 1. The molecule has 2 fully saturated rings. The van der Waals surface area contributed by atoms with E-state index in [-0.39, 0.29) is 87.7 Å². The Labute approximate surface area is 558 Å². The van der Waals surface area contributed by atoms with Crippen LogP contribution in [0.1, 0.15) is 109 Å². The van der Waals surface area contributed by atoms with Crippen LogP contribution in [0.5, 0.6) is 57.5 Å². The van der Waals surface area contributed by atoms with E-state index in [1.165, 1.54) is 12.2 Å². The van der Waals surface area contributed by atoms with Crippen molar-refractivity contribution in [2.45, 2.75) is 121 Å². The zero-order valence-corrected chi connectivity index (χ0v) is 54.3. The number of aliphatic hydroxyl groups is 1. The van der Waals surface area contributed by atoms with E-state index >= 15 is 0 Å². The van der Waals surface area contributed by atoms with E-state index in [0.717, 1.165) is 61.2 Å². The molecule has 0 aromatic heterocycles. The molecule has 8 heterocycles. The minimum Gasteiger partial charge on any atom is -0.507 e.